The molecule has 0 saturated heterocycles. The van der Waals surface area contributed by atoms with Gasteiger partial charge in [-0.15, -0.1) is 0 Å². The van der Waals surface area contributed by atoms with Gasteiger partial charge in [-0.05, 0) is 118 Å². The molecule has 156 valence electrons. The average molecular weight is 395 g/mol. The molecule has 1 heterocycles. The van der Waals surface area contributed by atoms with Crippen LogP contribution in [0, 0.1) is 47.3 Å². The van der Waals surface area contributed by atoms with Gasteiger partial charge >= 0.3 is 5.97 Å². The van der Waals surface area contributed by atoms with Gasteiger partial charge < -0.3 is 5.11 Å². The van der Waals surface area contributed by atoms with E-state index in [4.69, 9.17) is 0 Å². The predicted molar refractivity (Wildman–Crippen MR) is 111 cm³/mol. The van der Waals surface area contributed by atoms with Gasteiger partial charge in [0.1, 0.15) is 5.69 Å². The summed E-state index contributed by atoms with van der Waals surface area (Å²) < 4.78 is 1.82. The van der Waals surface area contributed by atoms with E-state index in [9.17, 15) is 9.90 Å². The lowest BCUT2D eigenvalue weighted by atomic mass is 9.49. The van der Waals surface area contributed by atoms with E-state index < -0.39 is 5.97 Å². The van der Waals surface area contributed by atoms with Crippen LogP contribution >= 0.6 is 0 Å². The molecule has 6 rings (SSSR count). The summed E-state index contributed by atoms with van der Waals surface area (Å²) in [7, 11) is 0. The lowest BCUT2D eigenvalue weighted by Gasteiger charge is -2.56. The first-order valence-electron chi connectivity index (χ1n) is 12.1. The van der Waals surface area contributed by atoms with Crippen molar-refractivity contribution in [2.75, 3.05) is 0 Å². The van der Waals surface area contributed by atoms with Crippen LogP contribution in [-0.2, 0) is 0 Å². The quantitative estimate of drug-likeness (QED) is 0.667. The first-order valence-corrected chi connectivity index (χ1v) is 12.1. The Labute approximate surface area is 173 Å². The maximum absolute atomic E-state index is 11.5. The monoisotopic (exact) mass is 394 g/mol. The van der Waals surface area contributed by atoms with Crippen molar-refractivity contribution in [3.05, 3.63) is 30.1 Å². The molecule has 0 aromatic carbocycles. The van der Waals surface area contributed by atoms with Crippen molar-refractivity contribution in [2.24, 2.45) is 47.3 Å². The van der Waals surface area contributed by atoms with Gasteiger partial charge in [0.25, 0.3) is 0 Å². The summed E-state index contributed by atoms with van der Waals surface area (Å²) in [6, 6.07) is 1.94. The van der Waals surface area contributed by atoms with Gasteiger partial charge in [0, 0.05) is 6.20 Å². The van der Waals surface area contributed by atoms with Crippen LogP contribution < -0.4 is 0 Å². The van der Waals surface area contributed by atoms with Gasteiger partial charge in [-0.3, -0.25) is 4.68 Å². The van der Waals surface area contributed by atoms with Crippen molar-refractivity contribution in [2.45, 2.75) is 70.3 Å². The van der Waals surface area contributed by atoms with Crippen molar-refractivity contribution in [1.29, 1.82) is 0 Å². The summed E-state index contributed by atoms with van der Waals surface area (Å²) in [6.45, 7) is 0. The number of hydrogen-bond acceptors (Lipinski definition) is 2. The zero-order valence-electron chi connectivity index (χ0n) is 17.3. The van der Waals surface area contributed by atoms with Crippen molar-refractivity contribution >= 4 is 5.97 Å². The molecular formula is C25H34N2O2. The zero-order valence-corrected chi connectivity index (χ0v) is 17.3. The predicted octanol–water partition coefficient (Wildman–Crippen LogP) is 5.58. The van der Waals surface area contributed by atoms with Gasteiger partial charge in [0.2, 0.25) is 0 Å². The highest BCUT2D eigenvalue weighted by atomic mass is 16.4. The number of allylic oxidation sites excluding steroid dienone is 2. The smallest absolute Gasteiger partial charge is 0.354 e. The number of aromatic nitrogens is 2. The molecule has 29 heavy (non-hydrogen) atoms. The first-order chi connectivity index (χ1) is 14.2. The van der Waals surface area contributed by atoms with E-state index in [1.807, 2.05) is 4.68 Å². The number of hydrogen-bond donors (Lipinski definition) is 1. The SMILES string of the molecule is O=C(O)c1ccnn1C1CCC2C(CCC3C2CCC2C4CC=CC4CCC23)C1. The summed E-state index contributed by atoms with van der Waals surface area (Å²) in [5.74, 6) is 6.61. The molecule has 4 heteroatoms. The van der Waals surface area contributed by atoms with Gasteiger partial charge in [-0.2, -0.15) is 5.10 Å². The third-order valence-corrected chi connectivity index (χ3v) is 9.88. The molecule has 4 nitrogen and oxygen atoms in total. The lowest BCUT2D eigenvalue weighted by Crippen LogP contribution is -2.49. The highest BCUT2D eigenvalue weighted by molar-refractivity contribution is 5.85. The number of carboxylic acids is 1. The molecule has 9 atom stereocenters. The van der Waals surface area contributed by atoms with Crippen LogP contribution in [-0.4, -0.2) is 20.9 Å². The molecule has 1 aromatic rings. The summed E-state index contributed by atoms with van der Waals surface area (Å²) >= 11 is 0. The van der Waals surface area contributed by atoms with Crippen LogP contribution in [0.5, 0.6) is 0 Å². The van der Waals surface area contributed by atoms with E-state index in [1.54, 1.807) is 12.3 Å². The summed E-state index contributed by atoms with van der Waals surface area (Å²) in [6.07, 6.45) is 20.2. The minimum atomic E-state index is -0.844. The van der Waals surface area contributed by atoms with Gasteiger partial charge in [0.05, 0.1) is 6.04 Å². The number of fused-ring (bicyclic) bond motifs is 7. The van der Waals surface area contributed by atoms with E-state index in [0.717, 1.165) is 60.2 Å². The van der Waals surface area contributed by atoms with Crippen LogP contribution in [0.15, 0.2) is 24.4 Å². The molecule has 0 amide bonds. The molecule has 4 fully saturated rings. The second-order valence-electron chi connectivity index (χ2n) is 10.7. The van der Waals surface area contributed by atoms with E-state index >= 15 is 0 Å². The minimum absolute atomic E-state index is 0.283. The van der Waals surface area contributed by atoms with Crippen LogP contribution in [0.4, 0.5) is 0 Å². The largest absolute Gasteiger partial charge is 0.477 e. The van der Waals surface area contributed by atoms with Crippen LogP contribution in [0.1, 0.15) is 80.7 Å². The lowest BCUT2D eigenvalue weighted by molar-refractivity contribution is -0.0687. The summed E-state index contributed by atoms with van der Waals surface area (Å²) in [5, 5.41) is 13.9. The Morgan fingerprint density at radius 1 is 0.897 bits per heavy atom. The maximum Gasteiger partial charge on any atom is 0.354 e. The van der Waals surface area contributed by atoms with E-state index in [0.29, 0.717) is 5.69 Å². The minimum Gasteiger partial charge on any atom is -0.477 e. The second kappa shape index (κ2) is 6.99. The van der Waals surface area contributed by atoms with Gasteiger partial charge in [-0.1, -0.05) is 12.2 Å². The number of nitrogens with zero attached hydrogens (tertiary/aromatic N) is 2. The molecular weight excluding hydrogens is 360 g/mol. The van der Waals surface area contributed by atoms with Crippen molar-refractivity contribution in [3.63, 3.8) is 0 Å². The topological polar surface area (TPSA) is 55.1 Å². The fourth-order valence-corrected chi connectivity index (χ4v) is 8.84. The van der Waals surface area contributed by atoms with E-state index in [1.165, 1.54) is 51.4 Å². The Kier molecular flexibility index (Phi) is 4.39. The molecule has 5 aliphatic rings. The van der Waals surface area contributed by atoms with Crippen molar-refractivity contribution < 1.29 is 9.90 Å². The first kappa shape index (κ1) is 18.2. The molecule has 0 spiro atoms. The number of carboxylic acid groups (broad SMARTS) is 1. The average Bonchev–Trinajstić information content (AvgIpc) is 3.42. The number of rotatable bonds is 2. The van der Waals surface area contributed by atoms with Crippen LogP contribution in [0.25, 0.3) is 0 Å². The Balaban J connectivity index is 1.18. The van der Waals surface area contributed by atoms with Gasteiger partial charge in [0.15, 0.2) is 0 Å². The second-order valence-corrected chi connectivity index (χ2v) is 10.7. The Bertz CT molecular complexity index is 814. The van der Waals surface area contributed by atoms with Gasteiger partial charge in [-0.25, -0.2) is 4.79 Å². The molecule has 5 aliphatic carbocycles. The van der Waals surface area contributed by atoms with E-state index in [-0.39, 0.29) is 6.04 Å². The third kappa shape index (κ3) is 2.84. The maximum atomic E-state index is 11.5. The normalized spacial score (nSPS) is 45.7. The van der Waals surface area contributed by atoms with Crippen LogP contribution in [0.2, 0.25) is 0 Å². The zero-order chi connectivity index (χ0) is 19.5. The van der Waals surface area contributed by atoms with Crippen molar-refractivity contribution in [3.8, 4) is 0 Å². The fourth-order valence-electron chi connectivity index (χ4n) is 8.84. The Morgan fingerprint density at radius 2 is 1.59 bits per heavy atom. The number of carbonyl (C=O) groups is 1. The Hall–Kier alpha value is -1.58. The Morgan fingerprint density at radius 3 is 2.41 bits per heavy atom. The molecule has 1 N–H and O–H groups in total. The molecule has 1 aromatic heterocycles. The highest BCUT2D eigenvalue weighted by Gasteiger charge is 2.52. The highest BCUT2D eigenvalue weighted by Crippen LogP contribution is 2.60. The molecule has 0 radical (unpaired) electrons. The third-order valence-electron chi connectivity index (χ3n) is 9.88. The molecule has 0 aliphatic heterocycles. The number of aromatic carboxylic acids is 1. The van der Waals surface area contributed by atoms with E-state index in [2.05, 4.69) is 17.3 Å². The summed E-state index contributed by atoms with van der Waals surface area (Å²) in [4.78, 5) is 11.5. The standard InChI is InChI=1S/C25H34N2O2/c28-25(29)24-12-13-26-27(24)17-6-9-19-16(14-17)5-8-23-21(19)11-10-20-18-3-1-2-15(18)4-7-22(20)23/h1-2,12-13,15-23H,3-11,14H2,(H,28,29). The molecule has 9 unspecified atom stereocenters. The van der Waals surface area contributed by atoms with Crippen LogP contribution in [0.3, 0.4) is 0 Å². The summed E-state index contributed by atoms with van der Waals surface area (Å²) in [5.41, 5.74) is 0.365. The molecule has 4 saturated carbocycles. The molecule has 0 bridgehead atoms. The fraction of sp³-hybridized carbons (Fsp3) is 0.760. The van der Waals surface area contributed by atoms with Crippen molar-refractivity contribution in [1.82, 2.24) is 9.78 Å².